The van der Waals surface area contributed by atoms with Crippen molar-refractivity contribution in [2.45, 2.75) is 0 Å². The molecule has 0 aliphatic heterocycles. The van der Waals surface area contributed by atoms with Crippen molar-refractivity contribution < 1.29 is 10.2 Å². The molecule has 5 heteroatoms. The van der Waals surface area contributed by atoms with Crippen LogP contribution in [0.3, 0.4) is 0 Å². The fourth-order valence-corrected chi connectivity index (χ4v) is 1.48. The molecule has 0 aliphatic carbocycles. The number of phenolic OH excluding ortho intramolecular Hbond substituents is 2. The van der Waals surface area contributed by atoms with Crippen molar-refractivity contribution >= 4 is 34.8 Å². The van der Waals surface area contributed by atoms with Gasteiger partial charge >= 0.3 is 0 Å². The number of rotatable bonds is 0. The van der Waals surface area contributed by atoms with Crippen LogP contribution in [0, 0.1) is 0 Å². The largest absolute Gasteiger partial charge is 0.506 e. The zero-order valence-corrected chi connectivity index (χ0v) is 10.8. The van der Waals surface area contributed by atoms with Crippen molar-refractivity contribution in [2.75, 3.05) is 0 Å². The molecule has 2 N–H and O–H groups in total. The highest BCUT2D eigenvalue weighted by Crippen LogP contribution is 2.25. The average molecular weight is 292 g/mol. The summed E-state index contributed by atoms with van der Waals surface area (Å²) in [5.74, 6) is 0.190. The molecular weight excluding hydrogens is 282 g/mol. The Morgan fingerprint density at radius 2 is 1.29 bits per heavy atom. The van der Waals surface area contributed by atoms with Gasteiger partial charge in [0.1, 0.15) is 11.5 Å². The number of hydrogen-bond acceptors (Lipinski definition) is 2. The summed E-state index contributed by atoms with van der Waals surface area (Å²) in [5, 5.41) is 18.8. The van der Waals surface area contributed by atoms with Gasteiger partial charge in [-0.05, 0) is 30.3 Å². The van der Waals surface area contributed by atoms with Gasteiger partial charge in [-0.2, -0.15) is 0 Å². The molecule has 0 radical (unpaired) electrons. The van der Waals surface area contributed by atoms with Crippen molar-refractivity contribution in [1.29, 1.82) is 0 Å². The molecule has 0 aliphatic rings. The Morgan fingerprint density at radius 1 is 0.706 bits per heavy atom. The third-order valence-electron chi connectivity index (χ3n) is 1.76. The third-order valence-corrected chi connectivity index (χ3v) is 2.62. The molecule has 2 aromatic carbocycles. The lowest BCUT2D eigenvalue weighted by atomic mass is 10.3. The molecule has 0 spiro atoms. The minimum Gasteiger partial charge on any atom is -0.506 e. The minimum atomic E-state index is 0.0565. The van der Waals surface area contributed by atoms with Crippen molar-refractivity contribution in [3.05, 3.63) is 57.5 Å². The number of para-hydroxylation sites is 1. The summed E-state index contributed by atoms with van der Waals surface area (Å²) < 4.78 is 0. The summed E-state index contributed by atoms with van der Waals surface area (Å²) in [6.45, 7) is 0. The van der Waals surface area contributed by atoms with Crippen LogP contribution in [0.5, 0.6) is 11.5 Å². The molecule has 0 saturated heterocycles. The smallest absolute Gasteiger partial charge is 0.134 e. The van der Waals surface area contributed by atoms with E-state index in [1.165, 1.54) is 12.1 Å². The van der Waals surface area contributed by atoms with Crippen molar-refractivity contribution in [3.63, 3.8) is 0 Å². The van der Waals surface area contributed by atoms with Crippen LogP contribution >= 0.6 is 34.8 Å². The molecule has 0 bridgehead atoms. The number of aromatic hydroxyl groups is 2. The van der Waals surface area contributed by atoms with E-state index in [-0.39, 0.29) is 16.5 Å². The van der Waals surface area contributed by atoms with E-state index in [0.29, 0.717) is 10.0 Å². The van der Waals surface area contributed by atoms with E-state index >= 15 is 0 Å². The Kier molecular flexibility index (Phi) is 5.42. The first-order chi connectivity index (χ1) is 8.00. The highest BCUT2D eigenvalue weighted by molar-refractivity contribution is 6.35. The molecule has 2 nitrogen and oxygen atoms in total. The molecule has 0 amide bonds. The van der Waals surface area contributed by atoms with Crippen LogP contribution < -0.4 is 0 Å². The van der Waals surface area contributed by atoms with Gasteiger partial charge < -0.3 is 10.2 Å². The van der Waals surface area contributed by atoms with E-state index in [4.69, 9.17) is 45.0 Å². The molecule has 0 saturated carbocycles. The minimum absolute atomic E-state index is 0.0565. The van der Waals surface area contributed by atoms with Crippen molar-refractivity contribution in [3.8, 4) is 11.5 Å². The molecule has 2 rings (SSSR count). The average Bonchev–Trinajstić information content (AvgIpc) is 2.29. The van der Waals surface area contributed by atoms with E-state index in [0.717, 1.165) is 0 Å². The summed E-state index contributed by atoms with van der Waals surface area (Å²) in [7, 11) is 0. The molecule has 0 fully saturated rings. The lowest BCUT2D eigenvalue weighted by Crippen LogP contribution is -1.66. The van der Waals surface area contributed by atoms with Gasteiger partial charge in [-0.3, -0.25) is 0 Å². The summed E-state index contributed by atoms with van der Waals surface area (Å²) in [4.78, 5) is 0. The SMILES string of the molecule is Oc1ccc(Cl)cc1Cl.Oc1ccccc1Cl. The summed E-state index contributed by atoms with van der Waals surface area (Å²) in [5.41, 5.74) is 0. The van der Waals surface area contributed by atoms with Crippen molar-refractivity contribution in [2.24, 2.45) is 0 Å². The molecule has 0 atom stereocenters. The Labute approximate surface area is 114 Å². The number of halogens is 3. The third kappa shape index (κ3) is 4.73. The lowest BCUT2D eigenvalue weighted by molar-refractivity contribution is 0.475. The first-order valence-corrected chi connectivity index (χ1v) is 5.71. The lowest BCUT2D eigenvalue weighted by Gasteiger charge is -1.93. The van der Waals surface area contributed by atoms with Crippen LogP contribution in [0.25, 0.3) is 0 Å². The summed E-state index contributed by atoms with van der Waals surface area (Å²) in [6.07, 6.45) is 0. The second-order valence-corrected chi connectivity index (χ2v) is 4.30. The number of phenols is 2. The monoisotopic (exact) mass is 290 g/mol. The summed E-state index contributed by atoms with van der Waals surface area (Å²) in [6, 6.07) is 11.2. The molecule has 0 unspecified atom stereocenters. The van der Waals surface area contributed by atoms with Crippen molar-refractivity contribution in [1.82, 2.24) is 0 Å². The molecule has 2 aromatic rings. The van der Waals surface area contributed by atoms with Gasteiger partial charge in [-0.1, -0.05) is 46.9 Å². The maximum Gasteiger partial charge on any atom is 0.134 e. The fourth-order valence-electron chi connectivity index (χ4n) is 0.933. The van der Waals surface area contributed by atoms with Gasteiger partial charge in [0, 0.05) is 5.02 Å². The molecule has 0 aromatic heterocycles. The van der Waals surface area contributed by atoms with E-state index in [9.17, 15) is 0 Å². The van der Waals surface area contributed by atoms with E-state index in [1.54, 1.807) is 30.3 Å². The zero-order valence-electron chi connectivity index (χ0n) is 8.57. The van der Waals surface area contributed by atoms with Crippen LogP contribution in [0.4, 0.5) is 0 Å². The summed E-state index contributed by atoms with van der Waals surface area (Å²) >= 11 is 16.5. The van der Waals surface area contributed by atoms with Crippen LogP contribution in [0.1, 0.15) is 0 Å². The Morgan fingerprint density at radius 3 is 1.71 bits per heavy atom. The van der Waals surface area contributed by atoms with Gasteiger partial charge in [0.15, 0.2) is 0 Å². The normalized spacial score (nSPS) is 9.35. The highest BCUT2D eigenvalue weighted by atomic mass is 35.5. The van der Waals surface area contributed by atoms with Gasteiger partial charge in [-0.25, -0.2) is 0 Å². The van der Waals surface area contributed by atoms with Gasteiger partial charge in [-0.15, -0.1) is 0 Å². The van der Waals surface area contributed by atoms with Gasteiger partial charge in [0.25, 0.3) is 0 Å². The van der Waals surface area contributed by atoms with E-state index in [2.05, 4.69) is 0 Å². The zero-order chi connectivity index (χ0) is 12.8. The molecule has 0 heterocycles. The van der Waals surface area contributed by atoms with Gasteiger partial charge in [0.05, 0.1) is 10.0 Å². The predicted octanol–water partition coefficient (Wildman–Crippen LogP) is 4.74. The quantitative estimate of drug-likeness (QED) is 0.735. The Bertz CT molecular complexity index is 480. The topological polar surface area (TPSA) is 40.5 Å². The standard InChI is InChI=1S/C6H4Cl2O.C6H5ClO/c7-4-1-2-6(9)5(8)3-4;7-5-3-1-2-4-6(5)8/h1-3,9H;1-4,8H. The second-order valence-electron chi connectivity index (χ2n) is 3.05. The highest BCUT2D eigenvalue weighted by Gasteiger charge is 1.95. The Balaban J connectivity index is 0.000000171. The Hall–Kier alpha value is -1.09. The predicted molar refractivity (Wildman–Crippen MR) is 71.2 cm³/mol. The maximum atomic E-state index is 8.85. The molecule has 17 heavy (non-hydrogen) atoms. The fraction of sp³-hybridized carbons (Fsp3) is 0. The maximum absolute atomic E-state index is 8.85. The van der Waals surface area contributed by atoms with Crippen LogP contribution in [0.15, 0.2) is 42.5 Å². The first-order valence-electron chi connectivity index (χ1n) is 4.58. The molecule has 90 valence electrons. The van der Waals surface area contributed by atoms with Crippen LogP contribution in [0.2, 0.25) is 15.1 Å². The first kappa shape index (κ1) is 14.0. The van der Waals surface area contributed by atoms with E-state index in [1.807, 2.05) is 0 Å². The van der Waals surface area contributed by atoms with Crippen LogP contribution in [-0.4, -0.2) is 10.2 Å². The number of hydrogen-bond donors (Lipinski definition) is 2. The van der Waals surface area contributed by atoms with Crippen LogP contribution in [-0.2, 0) is 0 Å². The van der Waals surface area contributed by atoms with E-state index < -0.39 is 0 Å². The number of benzene rings is 2. The van der Waals surface area contributed by atoms with Gasteiger partial charge in [0.2, 0.25) is 0 Å². The second kappa shape index (κ2) is 6.60. The molecular formula is C12H9Cl3O2.